The number of carbonyl (C=O) groups excluding carboxylic acids is 1. The Morgan fingerprint density at radius 1 is 0.941 bits per heavy atom. The van der Waals surface area contributed by atoms with E-state index in [1.54, 1.807) is 4.72 Å². The summed E-state index contributed by atoms with van der Waals surface area (Å²) in [5.41, 5.74) is 0.168. The van der Waals surface area contributed by atoms with Gasteiger partial charge in [0.25, 0.3) is 10.0 Å². The molecule has 14 nitrogen and oxygen atoms in total. The van der Waals surface area contributed by atoms with Gasteiger partial charge in [-0.3, -0.25) is 5.32 Å². The van der Waals surface area contributed by atoms with Crippen molar-refractivity contribution in [2.45, 2.75) is 16.3 Å². The van der Waals surface area contributed by atoms with Crippen molar-refractivity contribution in [2.24, 2.45) is 0 Å². The molecule has 2 N–H and O–H groups in total. The fourth-order valence-electron chi connectivity index (χ4n) is 2.51. The summed E-state index contributed by atoms with van der Waals surface area (Å²) in [6, 6.07) is 3.28. The van der Waals surface area contributed by atoms with E-state index in [4.69, 9.17) is 9.47 Å². The van der Waals surface area contributed by atoms with Crippen molar-refractivity contribution in [3.05, 3.63) is 29.8 Å². The molecule has 0 aliphatic heterocycles. The first-order valence-corrected chi connectivity index (χ1v) is 14.3. The number of ether oxygens (including phenoxy) is 2. The van der Waals surface area contributed by atoms with Crippen LogP contribution >= 0.6 is 0 Å². The Morgan fingerprint density at radius 2 is 1.50 bits per heavy atom. The maximum absolute atomic E-state index is 12.9. The number of aromatic nitrogens is 2. The highest BCUT2D eigenvalue weighted by molar-refractivity contribution is 7.93. The normalized spacial score (nSPS) is 12.3. The van der Waals surface area contributed by atoms with Crippen LogP contribution in [0.15, 0.2) is 34.1 Å². The highest BCUT2D eigenvalue weighted by atomic mass is 32.2. The highest BCUT2D eigenvalue weighted by Gasteiger charge is 2.27. The first-order valence-electron chi connectivity index (χ1n) is 9.12. The van der Waals surface area contributed by atoms with Gasteiger partial charge in [0.1, 0.15) is 4.90 Å². The number of urea groups is 1. The summed E-state index contributed by atoms with van der Waals surface area (Å²) >= 11 is 0. The Morgan fingerprint density at radius 3 is 1.97 bits per heavy atom. The van der Waals surface area contributed by atoms with Crippen molar-refractivity contribution in [3.8, 4) is 11.8 Å². The van der Waals surface area contributed by atoms with Crippen molar-refractivity contribution in [2.75, 3.05) is 39.1 Å². The molecule has 188 valence electrons. The molecular formula is C17H23N5O9S3. The van der Waals surface area contributed by atoms with Crippen LogP contribution < -0.4 is 19.5 Å². The standard InChI is InChI=1S/C17H23N5O9S3/c1-22(33(5,26)27)10-11-6-7-12(32(4,24)25)13(8-11)34(28,29)21-17(23)20-16-18-14(30-2)9-15(19-16)31-3/h6-9H,10H2,1-5H3,(H2,18,19,20,21,23). The van der Waals surface area contributed by atoms with Crippen molar-refractivity contribution < 1.29 is 39.5 Å². The fraction of sp³-hybridized carbons (Fsp3) is 0.353. The SMILES string of the molecule is COc1cc(OC)nc(NC(=O)NS(=O)(=O)c2cc(CN(C)S(C)(=O)=O)ccc2S(C)(=O)=O)n1. The lowest BCUT2D eigenvalue weighted by molar-refractivity contribution is 0.256. The van der Waals surface area contributed by atoms with Gasteiger partial charge in [-0.1, -0.05) is 6.07 Å². The molecule has 0 bridgehead atoms. The molecule has 17 heteroatoms. The number of hydrogen-bond donors (Lipinski definition) is 2. The zero-order chi connectivity index (χ0) is 25.9. The Kier molecular flexibility index (Phi) is 8.07. The maximum atomic E-state index is 12.9. The Bertz CT molecular complexity index is 1390. The lowest BCUT2D eigenvalue weighted by Crippen LogP contribution is -2.35. The number of nitrogens with one attached hydrogen (secondary N) is 2. The summed E-state index contributed by atoms with van der Waals surface area (Å²) in [5, 5.41) is 2.09. The van der Waals surface area contributed by atoms with Crippen LogP contribution in [0.1, 0.15) is 5.56 Å². The van der Waals surface area contributed by atoms with E-state index in [1.807, 2.05) is 0 Å². The lowest BCUT2D eigenvalue weighted by atomic mass is 10.2. The topological polar surface area (TPSA) is 191 Å². The first kappa shape index (κ1) is 27.2. The molecule has 1 aromatic carbocycles. The number of amides is 2. The molecule has 0 spiro atoms. The van der Waals surface area contributed by atoms with E-state index in [-0.39, 0.29) is 29.8 Å². The van der Waals surface area contributed by atoms with E-state index in [0.29, 0.717) is 0 Å². The van der Waals surface area contributed by atoms with E-state index in [9.17, 15) is 30.0 Å². The van der Waals surface area contributed by atoms with E-state index >= 15 is 0 Å². The summed E-state index contributed by atoms with van der Waals surface area (Å²) in [6.07, 6.45) is 1.75. The molecule has 2 aromatic rings. The molecule has 0 saturated carbocycles. The van der Waals surface area contributed by atoms with Crippen LogP contribution in [0.3, 0.4) is 0 Å². The molecule has 0 atom stereocenters. The number of rotatable bonds is 9. The molecule has 0 aliphatic rings. The second-order valence-corrected chi connectivity index (χ2v) is 12.6. The maximum Gasteiger partial charge on any atom is 0.335 e. The summed E-state index contributed by atoms with van der Waals surface area (Å²) < 4.78 is 86.0. The molecule has 2 amide bonds. The summed E-state index contributed by atoms with van der Waals surface area (Å²) in [5.74, 6) is -0.310. The van der Waals surface area contributed by atoms with Gasteiger partial charge in [0.15, 0.2) is 9.84 Å². The predicted molar refractivity (Wildman–Crippen MR) is 120 cm³/mol. The van der Waals surface area contributed by atoms with Crippen molar-refractivity contribution >= 4 is 41.9 Å². The van der Waals surface area contributed by atoms with Crippen LogP contribution in [0.4, 0.5) is 10.7 Å². The molecule has 1 heterocycles. The van der Waals surface area contributed by atoms with Gasteiger partial charge < -0.3 is 9.47 Å². The van der Waals surface area contributed by atoms with Gasteiger partial charge in [-0.25, -0.2) is 39.1 Å². The molecule has 2 rings (SSSR count). The Balaban J connectivity index is 2.42. The minimum absolute atomic E-state index is 0.0204. The molecule has 1 aromatic heterocycles. The van der Waals surface area contributed by atoms with Crippen LogP contribution in [0.2, 0.25) is 0 Å². The van der Waals surface area contributed by atoms with Gasteiger partial charge in [0, 0.05) is 19.8 Å². The number of sulfonamides is 2. The minimum atomic E-state index is -4.75. The fourth-order valence-corrected chi connectivity index (χ4v) is 5.47. The molecule has 0 aliphatic carbocycles. The second-order valence-electron chi connectivity index (χ2n) is 6.91. The Hall–Kier alpha value is -3.02. The van der Waals surface area contributed by atoms with Crippen molar-refractivity contribution in [3.63, 3.8) is 0 Å². The van der Waals surface area contributed by atoms with E-state index in [2.05, 4.69) is 15.3 Å². The average molecular weight is 538 g/mol. The Labute approximate surface area is 197 Å². The van der Waals surface area contributed by atoms with Crippen LogP contribution in [-0.4, -0.2) is 79.3 Å². The monoisotopic (exact) mass is 537 g/mol. The van der Waals surface area contributed by atoms with Gasteiger partial charge >= 0.3 is 6.03 Å². The predicted octanol–water partition coefficient (Wildman–Crippen LogP) is -0.201. The number of benzene rings is 1. The summed E-state index contributed by atoms with van der Waals surface area (Å²) in [6.45, 7) is -0.241. The molecule has 34 heavy (non-hydrogen) atoms. The zero-order valence-corrected chi connectivity index (χ0v) is 21.2. The third-order valence-corrected chi connectivity index (χ3v) is 8.13. The highest BCUT2D eigenvalue weighted by Crippen LogP contribution is 2.24. The smallest absolute Gasteiger partial charge is 0.335 e. The molecule has 0 saturated heterocycles. The molecular weight excluding hydrogens is 514 g/mol. The summed E-state index contributed by atoms with van der Waals surface area (Å²) in [7, 11) is -8.52. The molecule has 0 unspecified atom stereocenters. The number of carbonyl (C=O) groups is 1. The van der Waals surface area contributed by atoms with Crippen LogP contribution in [0.5, 0.6) is 11.8 Å². The van der Waals surface area contributed by atoms with E-state index in [0.717, 1.165) is 28.9 Å². The number of hydrogen-bond acceptors (Lipinski definition) is 11. The van der Waals surface area contributed by atoms with Crippen molar-refractivity contribution in [1.82, 2.24) is 19.0 Å². The van der Waals surface area contributed by atoms with Crippen LogP contribution in [0, 0.1) is 0 Å². The second kappa shape index (κ2) is 10.1. The van der Waals surface area contributed by atoms with Crippen LogP contribution in [0.25, 0.3) is 0 Å². The first-order chi connectivity index (χ1) is 15.6. The van der Waals surface area contributed by atoms with Gasteiger partial charge in [-0.2, -0.15) is 9.97 Å². The number of sulfone groups is 1. The summed E-state index contributed by atoms with van der Waals surface area (Å²) in [4.78, 5) is 18.7. The van der Waals surface area contributed by atoms with Gasteiger partial charge in [-0.05, 0) is 17.7 Å². The quantitative estimate of drug-likeness (QED) is 0.430. The molecule has 0 radical (unpaired) electrons. The largest absolute Gasteiger partial charge is 0.481 e. The lowest BCUT2D eigenvalue weighted by Gasteiger charge is -2.16. The minimum Gasteiger partial charge on any atom is -0.481 e. The third kappa shape index (κ3) is 6.99. The number of anilines is 1. The van der Waals surface area contributed by atoms with E-state index < -0.39 is 45.7 Å². The number of methoxy groups -OCH3 is 2. The molecule has 0 fully saturated rings. The van der Waals surface area contributed by atoms with Gasteiger partial charge in [-0.15, -0.1) is 0 Å². The third-order valence-electron chi connectivity index (χ3n) is 4.22. The zero-order valence-electron chi connectivity index (χ0n) is 18.8. The van der Waals surface area contributed by atoms with Gasteiger partial charge in [0.2, 0.25) is 27.7 Å². The average Bonchev–Trinajstić information content (AvgIpc) is 2.71. The van der Waals surface area contributed by atoms with Gasteiger partial charge in [0.05, 0.1) is 31.4 Å². The number of nitrogens with zero attached hydrogens (tertiary/aromatic N) is 3. The van der Waals surface area contributed by atoms with Crippen molar-refractivity contribution in [1.29, 1.82) is 0 Å². The van der Waals surface area contributed by atoms with E-state index in [1.165, 1.54) is 33.4 Å². The van der Waals surface area contributed by atoms with Crippen LogP contribution in [-0.2, 0) is 36.4 Å².